The number of carbonyl (C=O) groups is 1. The molecular weight excluding hydrogens is 212 g/mol. The van der Waals surface area contributed by atoms with E-state index in [-0.39, 0.29) is 16.9 Å². The molecule has 0 saturated carbocycles. The highest BCUT2D eigenvalue weighted by Gasteiger charge is 2.42. The SMILES string of the molecule is CCCC1(C(=O)CC)C[C@@H](CCF)CN1.F. The molecule has 0 aliphatic carbocycles. The van der Waals surface area contributed by atoms with Gasteiger partial charge in [0.05, 0.1) is 12.2 Å². The maximum atomic E-state index is 12.3. The molecule has 0 aromatic carbocycles. The minimum atomic E-state index is -0.330. The van der Waals surface area contributed by atoms with Gasteiger partial charge in [-0.3, -0.25) is 13.9 Å². The lowest BCUT2D eigenvalue weighted by atomic mass is 9.83. The molecule has 1 saturated heterocycles. The van der Waals surface area contributed by atoms with Crippen LogP contribution in [-0.2, 0) is 4.79 Å². The smallest absolute Gasteiger partial charge is 0.152 e. The Bertz CT molecular complexity index is 223. The summed E-state index contributed by atoms with van der Waals surface area (Å²) in [5.41, 5.74) is -0.330. The van der Waals surface area contributed by atoms with Crippen LogP contribution in [0.3, 0.4) is 0 Å². The van der Waals surface area contributed by atoms with Gasteiger partial charge < -0.3 is 5.32 Å². The molecule has 2 atom stereocenters. The fourth-order valence-electron chi connectivity index (χ4n) is 2.64. The second-order valence-corrected chi connectivity index (χ2v) is 4.54. The summed E-state index contributed by atoms with van der Waals surface area (Å²) >= 11 is 0. The standard InChI is InChI=1S/C12H22FNO.FH/c1-3-6-12(11(15)4-2)8-10(5-7-13)9-14-12;/h10,14H,3-9H2,1-2H3;1H/t10-,12?;/m1./s1. The third-order valence-corrected chi connectivity index (χ3v) is 3.42. The molecule has 1 heterocycles. The van der Waals surface area contributed by atoms with Crippen LogP contribution >= 0.6 is 0 Å². The van der Waals surface area contributed by atoms with E-state index in [2.05, 4.69) is 12.2 Å². The molecule has 1 rings (SSSR count). The van der Waals surface area contributed by atoms with Gasteiger partial charge in [-0.05, 0) is 31.7 Å². The maximum Gasteiger partial charge on any atom is 0.152 e. The Labute approximate surface area is 96.4 Å². The Kier molecular flexibility index (Phi) is 6.72. The van der Waals surface area contributed by atoms with E-state index < -0.39 is 0 Å². The first-order chi connectivity index (χ1) is 7.18. The fourth-order valence-corrected chi connectivity index (χ4v) is 2.64. The van der Waals surface area contributed by atoms with Crippen molar-refractivity contribution in [1.29, 1.82) is 0 Å². The van der Waals surface area contributed by atoms with Crippen LogP contribution in [-0.4, -0.2) is 24.5 Å². The van der Waals surface area contributed by atoms with E-state index in [0.717, 1.165) is 25.8 Å². The molecule has 1 aliphatic rings. The lowest BCUT2D eigenvalue weighted by Gasteiger charge is -2.27. The molecule has 0 radical (unpaired) electrons. The van der Waals surface area contributed by atoms with Crippen molar-refractivity contribution in [1.82, 2.24) is 5.32 Å². The first kappa shape index (κ1) is 15.5. The molecule has 1 fully saturated rings. The summed E-state index contributed by atoms with van der Waals surface area (Å²) < 4.78 is 12.3. The molecule has 1 aliphatic heterocycles. The molecule has 1 unspecified atom stereocenters. The van der Waals surface area contributed by atoms with E-state index in [0.29, 0.717) is 24.5 Å². The summed E-state index contributed by atoms with van der Waals surface area (Å²) in [5, 5.41) is 3.34. The highest BCUT2D eigenvalue weighted by Crippen LogP contribution is 2.32. The molecule has 0 aromatic rings. The molecule has 16 heavy (non-hydrogen) atoms. The van der Waals surface area contributed by atoms with Crippen LogP contribution < -0.4 is 5.32 Å². The molecule has 0 aromatic heterocycles. The van der Waals surface area contributed by atoms with Crippen LogP contribution in [0, 0.1) is 5.92 Å². The first-order valence-corrected chi connectivity index (χ1v) is 6.02. The maximum absolute atomic E-state index is 12.3. The molecule has 1 N–H and O–H groups in total. The summed E-state index contributed by atoms with van der Waals surface area (Å²) in [6.07, 6.45) is 3.89. The molecule has 96 valence electrons. The Morgan fingerprint density at radius 2 is 2.19 bits per heavy atom. The monoisotopic (exact) mass is 235 g/mol. The molecule has 0 amide bonds. The third kappa shape index (κ3) is 3.24. The van der Waals surface area contributed by atoms with Gasteiger partial charge in [0.15, 0.2) is 5.78 Å². The third-order valence-electron chi connectivity index (χ3n) is 3.42. The van der Waals surface area contributed by atoms with Crippen LogP contribution in [0.4, 0.5) is 9.09 Å². The van der Waals surface area contributed by atoms with Crippen LogP contribution in [0.1, 0.15) is 46.0 Å². The van der Waals surface area contributed by atoms with E-state index in [9.17, 15) is 9.18 Å². The van der Waals surface area contributed by atoms with Crippen molar-refractivity contribution in [2.24, 2.45) is 5.92 Å². The Hall–Kier alpha value is -0.510. The predicted octanol–water partition coefficient (Wildman–Crippen LogP) is 2.63. The van der Waals surface area contributed by atoms with Crippen molar-refractivity contribution >= 4 is 5.78 Å². The van der Waals surface area contributed by atoms with Gasteiger partial charge >= 0.3 is 0 Å². The van der Waals surface area contributed by atoms with Gasteiger partial charge in [-0.1, -0.05) is 20.3 Å². The number of rotatable bonds is 6. The van der Waals surface area contributed by atoms with Crippen molar-refractivity contribution in [3.8, 4) is 0 Å². The fraction of sp³-hybridized carbons (Fsp3) is 0.917. The van der Waals surface area contributed by atoms with Gasteiger partial charge in [0.25, 0.3) is 0 Å². The lowest BCUT2D eigenvalue weighted by molar-refractivity contribution is -0.125. The van der Waals surface area contributed by atoms with E-state index in [4.69, 9.17) is 0 Å². The molecular formula is C12H23F2NO. The number of carbonyl (C=O) groups excluding carboxylic acids is 1. The van der Waals surface area contributed by atoms with Crippen molar-refractivity contribution in [2.75, 3.05) is 13.2 Å². The van der Waals surface area contributed by atoms with Gasteiger partial charge in [-0.25, -0.2) is 0 Å². The van der Waals surface area contributed by atoms with E-state index >= 15 is 0 Å². The number of hydrogen-bond acceptors (Lipinski definition) is 2. The average Bonchev–Trinajstić information content (AvgIpc) is 2.63. The second-order valence-electron chi connectivity index (χ2n) is 4.54. The predicted molar refractivity (Wildman–Crippen MR) is 62.1 cm³/mol. The van der Waals surface area contributed by atoms with E-state index in [1.165, 1.54) is 0 Å². The van der Waals surface area contributed by atoms with Gasteiger partial charge in [0, 0.05) is 6.42 Å². The van der Waals surface area contributed by atoms with Crippen LogP contribution in [0.25, 0.3) is 0 Å². The Balaban J connectivity index is 0.00000225. The topological polar surface area (TPSA) is 29.1 Å². The minimum Gasteiger partial charge on any atom is -0.305 e. The number of halogens is 2. The summed E-state index contributed by atoms with van der Waals surface area (Å²) in [5.74, 6) is 0.641. The van der Waals surface area contributed by atoms with Gasteiger partial charge in [-0.15, -0.1) is 0 Å². The van der Waals surface area contributed by atoms with Crippen molar-refractivity contribution in [2.45, 2.75) is 51.5 Å². The Morgan fingerprint density at radius 1 is 1.50 bits per heavy atom. The quantitative estimate of drug-likeness (QED) is 0.766. The molecule has 2 nitrogen and oxygen atoms in total. The van der Waals surface area contributed by atoms with E-state index in [1.807, 2.05) is 6.92 Å². The minimum absolute atomic E-state index is 0. The van der Waals surface area contributed by atoms with Crippen LogP contribution in [0.15, 0.2) is 0 Å². The van der Waals surface area contributed by atoms with Gasteiger partial charge in [-0.2, -0.15) is 0 Å². The van der Waals surface area contributed by atoms with Crippen molar-refractivity contribution in [3.05, 3.63) is 0 Å². The number of ketones is 1. The summed E-state index contributed by atoms with van der Waals surface area (Å²) in [7, 11) is 0. The molecule has 4 heteroatoms. The zero-order chi connectivity index (χ0) is 11.3. The van der Waals surface area contributed by atoms with Crippen molar-refractivity contribution in [3.63, 3.8) is 0 Å². The molecule has 0 bridgehead atoms. The Morgan fingerprint density at radius 3 is 2.69 bits per heavy atom. The van der Waals surface area contributed by atoms with Crippen molar-refractivity contribution < 1.29 is 13.9 Å². The van der Waals surface area contributed by atoms with Crippen LogP contribution in [0.2, 0.25) is 0 Å². The second kappa shape index (κ2) is 6.94. The summed E-state index contributed by atoms with van der Waals surface area (Å²) in [6.45, 7) is 4.53. The zero-order valence-electron chi connectivity index (χ0n) is 10.2. The largest absolute Gasteiger partial charge is 0.305 e. The molecule has 0 spiro atoms. The average molecular weight is 235 g/mol. The van der Waals surface area contributed by atoms with Gasteiger partial charge in [0.2, 0.25) is 0 Å². The zero-order valence-corrected chi connectivity index (χ0v) is 10.2. The number of alkyl halides is 1. The van der Waals surface area contributed by atoms with Crippen LogP contribution in [0.5, 0.6) is 0 Å². The van der Waals surface area contributed by atoms with E-state index in [1.54, 1.807) is 0 Å². The number of nitrogens with one attached hydrogen (secondary N) is 1. The van der Waals surface area contributed by atoms with Gasteiger partial charge in [0.1, 0.15) is 0 Å². The summed E-state index contributed by atoms with van der Waals surface area (Å²) in [6, 6.07) is 0. The first-order valence-electron chi connectivity index (χ1n) is 6.02. The number of hydrogen-bond donors (Lipinski definition) is 1. The lowest BCUT2D eigenvalue weighted by Crippen LogP contribution is -2.47. The number of Topliss-reactive ketones (excluding diaryl/α,β-unsaturated/α-hetero) is 1. The highest BCUT2D eigenvalue weighted by atomic mass is 19.1. The normalized spacial score (nSPS) is 28.8. The summed E-state index contributed by atoms with van der Waals surface area (Å²) in [4.78, 5) is 11.9. The highest BCUT2D eigenvalue weighted by molar-refractivity contribution is 5.88.